The van der Waals surface area contributed by atoms with Crippen LogP contribution in [0, 0.1) is 0 Å². The summed E-state index contributed by atoms with van der Waals surface area (Å²) in [5, 5.41) is 0. The Kier molecular flexibility index (Phi) is 5.51. The van der Waals surface area contributed by atoms with Gasteiger partial charge in [0.1, 0.15) is 11.5 Å². The molecular weight excluding hydrogens is 296 g/mol. The SMILES string of the molecule is CC(=O)c1cc(OC2CCCCO2)ccc1OC1CCCCO1. The van der Waals surface area contributed by atoms with E-state index in [1.165, 1.54) is 6.92 Å². The summed E-state index contributed by atoms with van der Waals surface area (Å²) in [6.45, 7) is 2.97. The van der Waals surface area contributed by atoms with Gasteiger partial charge in [-0.05, 0) is 50.8 Å². The molecule has 0 saturated carbocycles. The Labute approximate surface area is 136 Å². The molecule has 2 fully saturated rings. The maximum atomic E-state index is 11.9. The molecule has 23 heavy (non-hydrogen) atoms. The highest BCUT2D eigenvalue weighted by molar-refractivity contribution is 5.97. The molecule has 1 aromatic rings. The molecule has 2 aliphatic heterocycles. The predicted molar refractivity (Wildman–Crippen MR) is 84.9 cm³/mol. The molecule has 0 aliphatic carbocycles. The fourth-order valence-corrected chi connectivity index (χ4v) is 2.86. The van der Waals surface area contributed by atoms with Gasteiger partial charge in [-0.3, -0.25) is 4.79 Å². The predicted octanol–water partition coefficient (Wildman–Crippen LogP) is 3.70. The van der Waals surface area contributed by atoms with Gasteiger partial charge in [-0.15, -0.1) is 0 Å². The first kappa shape index (κ1) is 16.3. The van der Waals surface area contributed by atoms with Crippen molar-refractivity contribution in [2.75, 3.05) is 13.2 Å². The van der Waals surface area contributed by atoms with E-state index in [0.717, 1.165) is 45.1 Å². The highest BCUT2D eigenvalue weighted by Crippen LogP contribution is 2.29. The first-order chi connectivity index (χ1) is 11.2. The minimum atomic E-state index is -0.268. The quantitative estimate of drug-likeness (QED) is 0.774. The largest absolute Gasteiger partial charge is 0.465 e. The Morgan fingerprint density at radius 2 is 1.65 bits per heavy atom. The van der Waals surface area contributed by atoms with E-state index in [4.69, 9.17) is 18.9 Å². The van der Waals surface area contributed by atoms with Crippen molar-refractivity contribution in [3.63, 3.8) is 0 Å². The van der Waals surface area contributed by atoms with Crippen LogP contribution in [0.2, 0.25) is 0 Å². The Balaban J connectivity index is 1.70. The molecule has 2 heterocycles. The molecule has 0 bridgehead atoms. The lowest BCUT2D eigenvalue weighted by molar-refractivity contribution is -0.107. The number of hydrogen-bond donors (Lipinski definition) is 0. The zero-order valence-corrected chi connectivity index (χ0v) is 13.6. The van der Waals surface area contributed by atoms with E-state index in [1.807, 2.05) is 6.07 Å². The third-order valence-electron chi connectivity index (χ3n) is 4.13. The molecule has 0 spiro atoms. The molecule has 2 aliphatic rings. The maximum Gasteiger partial charge on any atom is 0.199 e. The number of Topliss-reactive ketones (excluding diaryl/α,β-unsaturated/α-hetero) is 1. The van der Waals surface area contributed by atoms with Gasteiger partial charge in [0.2, 0.25) is 0 Å². The van der Waals surface area contributed by atoms with Gasteiger partial charge in [0.15, 0.2) is 18.4 Å². The average molecular weight is 320 g/mol. The van der Waals surface area contributed by atoms with E-state index < -0.39 is 0 Å². The molecule has 5 heteroatoms. The topological polar surface area (TPSA) is 54.0 Å². The van der Waals surface area contributed by atoms with Crippen LogP contribution in [-0.2, 0) is 9.47 Å². The van der Waals surface area contributed by atoms with Crippen molar-refractivity contribution in [3.05, 3.63) is 23.8 Å². The molecule has 3 rings (SSSR count). The molecule has 0 N–H and O–H groups in total. The Morgan fingerprint density at radius 3 is 2.22 bits per heavy atom. The number of hydrogen-bond acceptors (Lipinski definition) is 5. The lowest BCUT2D eigenvalue weighted by Gasteiger charge is -2.25. The van der Waals surface area contributed by atoms with Crippen LogP contribution in [-0.4, -0.2) is 31.6 Å². The summed E-state index contributed by atoms with van der Waals surface area (Å²) in [6, 6.07) is 5.34. The summed E-state index contributed by atoms with van der Waals surface area (Å²) in [5.41, 5.74) is 0.521. The minimum absolute atomic E-state index is 0.0502. The first-order valence-corrected chi connectivity index (χ1v) is 8.44. The molecule has 0 amide bonds. The van der Waals surface area contributed by atoms with Crippen molar-refractivity contribution in [2.45, 2.75) is 58.0 Å². The van der Waals surface area contributed by atoms with Gasteiger partial charge >= 0.3 is 0 Å². The summed E-state index contributed by atoms with van der Waals surface area (Å²) >= 11 is 0. The summed E-state index contributed by atoms with van der Waals surface area (Å²) in [7, 11) is 0. The van der Waals surface area contributed by atoms with E-state index >= 15 is 0 Å². The standard InChI is InChI=1S/C18H24O5/c1-13(19)15-12-14(22-17-6-2-4-10-20-17)8-9-16(15)23-18-7-3-5-11-21-18/h8-9,12,17-18H,2-7,10-11H2,1H3. The monoisotopic (exact) mass is 320 g/mol. The molecule has 5 nitrogen and oxygen atoms in total. The molecule has 2 unspecified atom stereocenters. The summed E-state index contributed by atoms with van der Waals surface area (Å²) in [4.78, 5) is 11.9. The zero-order valence-electron chi connectivity index (χ0n) is 13.6. The van der Waals surface area contributed by atoms with Gasteiger partial charge in [-0.2, -0.15) is 0 Å². The fourth-order valence-electron chi connectivity index (χ4n) is 2.86. The van der Waals surface area contributed by atoms with Crippen LogP contribution in [0.4, 0.5) is 0 Å². The van der Waals surface area contributed by atoms with Crippen molar-refractivity contribution in [3.8, 4) is 11.5 Å². The number of benzene rings is 1. The smallest absolute Gasteiger partial charge is 0.199 e. The van der Waals surface area contributed by atoms with E-state index in [-0.39, 0.29) is 18.4 Å². The molecule has 126 valence electrons. The Morgan fingerprint density at radius 1 is 1.00 bits per heavy atom. The second-order valence-electron chi connectivity index (χ2n) is 6.04. The van der Waals surface area contributed by atoms with Crippen molar-refractivity contribution in [2.24, 2.45) is 0 Å². The molecule has 0 radical (unpaired) electrons. The second kappa shape index (κ2) is 7.79. The molecule has 2 saturated heterocycles. The van der Waals surface area contributed by atoms with Gasteiger partial charge < -0.3 is 18.9 Å². The van der Waals surface area contributed by atoms with Crippen molar-refractivity contribution in [1.29, 1.82) is 0 Å². The van der Waals surface area contributed by atoms with Crippen LogP contribution in [0.1, 0.15) is 55.8 Å². The molecule has 2 atom stereocenters. The highest BCUT2D eigenvalue weighted by Gasteiger charge is 2.20. The summed E-state index contributed by atoms with van der Waals surface area (Å²) in [6.07, 6.45) is 5.56. The fraction of sp³-hybridized carbons (Fsp3) is 0.611. The highest BCUT2D eigenvalue weighted by atomic mass is 16.7. The van der Waals surface area contributed by atoms with Gasteiger partial charge in [0, 0.05) is 12.8 Å². The van der Waals surface area contributed by atoms with Gasteiger partial charge in [0.05, 0.1) is 18.8 Å². The summed E-state index contributed by atoms with van der Waals surface area (Å²) in [5.74, 6) is 1.14. The average Bonchev–Trinajstić information content (AvgIpc) is 2.58. The second-order valence-corrected chi connectivity index (χ2v) is 6.04. The number of carbonyl (C=O) groups is 1. The van der Waals surface area contributed by atoms with E-state index in [2.05, 4.69) is 0 Å². The lowest BCUT2D eigenvalue weighted by atomic mass is 10.1. The normalized spacial score (nSPS) is 24.9. The Hall–Kier alpha value is -1.59. The molecular formula is C18H24O5. The van der Waals surface area contributed by atoms with E-state index in [0.29, 0.717) is 23.7 Å². The van der Waals surface area contributed by atoms with Crippen molar-refractivity contribution < 1.29 is 23.7 Å². The first-order valence-electron chi connectivity index (χ1n) is 8.44. The van der Waals surface area contributed by atoms with Gasteiger partial charge in [0.25, 0.3) is 0 Å². The third-order valence-corrected chi connectivity index (χ3v) is 4.13. The van der Waals surface area contributed by atoms with Crippen molar-refractivity contribution >= 4 is 5.78 Å². The van der Waals surface area contributed by atoms with Crippen LogP contribution >= 0.6 is 0 Å². The minimum Gasteiger partial charge on any atom is -0.465 e. The third kappa shape index (κ3) is 4.45. The summed E-state index contributed by atoms with van der Waals surface area (Å²) < 4.78 is 22.9. The van der Waals surface area contributed by atoms with E-state index in [9.17, 15) is 4.79 Å². The number of ketones is 1. The Bertz CT molecular complexity index is 530. The lowest BCUT2D eigenvalue weighted by Crippen LogP contribution is -2.26. The number of carbonyl (C=O) groups excluding carboxylic acids is 1. The van der Waals surface area contributed by atoms with Crippen LogP contribution in [0.15, 0.2) is 18.2 Å². The zero-order chi connectivity index (χ0) is 16.1. The van der Waals surface area contributed by atoms with Crippen molar-refractivity contribution in [1.82, 2.24) is 0 Å². The van der Waals surface area contributed by atoms with Crippen LogP contribution in [0.25, 0.3) is 0 Å². The van der Waals surface area contributed by atoms with Crippen LogP contribution in [0.3, 0.4) is 0 Å². The maximum absolute atomic E-state index is 11.9. The van der Waals surface area contributed by atoms with Gasteiger partial charge in [-0.25, -0.2) is 0 Å². The van der Waals surface area contributed by atoms with E-state index in [1.54, 1.807) is 12.1 Å². The molecule has 1 aromatic carbocycles. The van der Waals surface area contributed by atoms with Crippen LogP contribution in [0.5, 0.6) is 11.5 Å². The molecule has 0 aromatic heterocycles. The number of ether oxygens (including phenoxy) is 4. The number of rotatable bonds is 5. The van der Waals surface area contributed by atoms with Gasteiger partial charge in [-0.1, -0.05) is 0 Å². The van der Waals surface area contributed by atoms with Crippen LogP contribution < -0.4 is 9.47 Å².